The third-order valence-electron chi connectivity index (χ3n) is 6.41. The molecule has 0 spiro atoms. The highest BCUT2D eigenvalue weighted by Crippen LogP contribution is 2.34. The maximum atomic E-state index is 13.8. The summed E-state index contributed by atoms with van der Waals surface area (Å²) >= 11 is 0. The molecule has 3 aromatic heterocycles. The van der Waals surface area contributed by atoms with Gasteiger partial charge >= 0.3 is 11.7 Å². The molecule has 0 amide bonds. The van der Waals surface area contributed by atoms with Crippen molar-refractivity contribution in [1.82, 2.24) is 14.0 Å². The molecular weight excluding hydrogens is 498 g/mol. The summed E-state index contributed by atoms with van der Waals surface area (Å²) in [5.41, 5.74) is 2.00. The van der Waals surface area contributed by atoms with Crippen LogP contribution in [0.5, 0.6) is 5.75 Å². The molecule has 0 aliphatic carbocycles. The molecule has 5 rings (SSSR count). The van der Waals surface area contributed by atoms with Crippen molar-refractivity contribution in [3.8, 4) is 16.9 Å². The van der Waals surface area contributed by atoms with E-state index < -0.39 is 29.4 Å². The van der Waals surface area contributed by atoms with Crippen molar-refractivity contribution in [3.05, 3.63) is 105 Å². The van der Waals surface area contributed by atoms with Gasteiger partial charge in [0.1, 0.15) is 17.9 Å². The van der Waals surface area contributed by atoms with Gasteiger partial charge in [-0.05, 0) is 75.2 Å². The van der Waals surface area contributed by atoms with Crippen molar-refractivity contribution in [2.75, 3.05) is 0 Å². The van der Waals surface area contributed by atoms with E-state index in [1.54, 1.807) is 51.2 Å². The molecule has 0 aliphatic rings. The zero-order chi connectivity index (χ0) is 28.1. The first kappa shape index (κ1) is 25.7. The molecule has 0 aliphatic heterocycles. The Balaban J connectivity index is 1.58. The van der Waals surface area contributed by atoms with E-state index in [2.05, 4.69) is 4.98 Å². The fourth-order valence-corrected chi connectivity index (χ4v) is 4.78. The summed E-state index contributed by atoms with van der Waals surface area (Å²) in [5.74, 6) is -0.854. The van der Waals surface area contributed by atoms with Crippen LogP contribution in [0.3, 0.4) is 0 Å². The first-order chi connectivity index (χ1) is 18.4. The number of nitrogens with one attached hydrogen (secondary N) is 1. The molecule has 3 heterocycles. The molecule has 5 aromatic rings. The van der Waals surface area contributed by atoms with Crippen LogP contribution < -0.4 is 11.2 Å². The number of pyridine rings is 1. The summed E-state index contributed by atoms with van der Waals surface area (Å²) in [6, 6.07) is 16.9. The second-order valence-corrected chi connectivity index (χ2v) is 10.3. The van der Waals surface area contributed by atoms with E-state index in [1.165, 1.54) is 18.2 Å². The quantitative estimate of drug-likeness (QED) is 0.262. The van der Waals surface area contributed by atoms with Crippen LogP contribution in [0.1, 0.15) is 42.4 Å². The Morgan fingerprint density at radius 2 is 1.72 bits per heavy atom. The number of rotatable bonds is 5. The van der Waals surface area contributed by atoms with E-state index in [9.17, 15) is 24.3 Å². The van der Waals surface area contributed by atoms with Crippen molar-refractivity contribution < 1.29 is 19.4 Å². The van der Waals surface area contributed by atoms with Crippen LogP contribution in [-0.4, -0.2) is 36.4 Å². The standard InChI is InChI=1S/C30H27N3O6/c1-17-25(18-8-11-20(34)12-9-18)23-7-5-6-14-32(23)26(17)27(36)19-10-13-21-22(15-19)31-29(38)33(28(21)37)16-24(35)39-30(2,3)4/h5-15,34H,16H2,1-4H3,(H,31,38). The number of carbonyl (C=O) groups excluding carboxylic acids is 2. The van der Waals surface area contributed by atoms with Crippen molar-refractivity contribution in [3.63, 3.8) is 0 Å². The number of nitrogens with zero attached hydrogens (tertiary/aromatic N) is 2. The van der Waals surface area contributed by atoms with Gasteiger partial charge in [0.25, 0.3) is 5.56 Å². The van der Waals surface area contributed by atoms with E-state index in [-0.39, 0.29) is 28.0 Å². The monoisotopic (exact) mass is 525 g/mol. The van der Waals surface area contributed by atoms with Gasteiger partial charge in [0.15, 0.2) is 0 Å². The average Bonchev–Trinajstić information content (AvgIpc) is 3.17. The van der Waals surface area contributed by atoms with E-state index in [0.717, 1.165) is 26.8 Å². The van der Waals surface area contributed by atoms with Crippen LogP contribution in [0.2, 0.25) is 0 Å². The maximum absolute atomic E-state index is 13.8. The number of H-pyrrole nitrogens is 1. The van der Waals surface area contributed by atoms with Crippen LogP contribution in [0.15, 0.2) is 76.4 Å². The molecule has 0 unspecified atom stereocenters. The molecule has 0 bridgehead atoms. The fraction of sp³-hybridized carbons (Fsp3) is 0.200. The fourth-order valence-electron chi connectivity index (χ4n) is 4.78. The highest BCUT2D eigenvalue weighted by Gasteiger charge is 2.24. The summed E-state index contributed by atoms with van der Waals surface area (Å²) < 4.78 is 7.83. The second-order valence-electron chi connectivity index (χ2n) is 10.3. The summed E-state index contributed by atoms with van der Waals surface area (Å²) in [6.07, 6.45) is 1.80. The van der Waals surface area contributed by atoms with E-state index >= 15 is 0 Å². The Labute approximate surface area is 222 Å². The molecule has 9 nitrogen and oxygen atoms in total. The Bertz CT molecular complexity index is 1890. The predicted molar refractivity (Wildman–Crippen MR) is 147 cm³/mol. The molecule has 0 radical (unpaired) electrons. The molecule has 2 N–H and O–H groups in total. The van der Waals surface area contributed by atoms with Crippen LogP contribution in [0.25, 0.3) is 27.5 Å². The predicted octanol–water partition coefficient (Wildman–Crippen LogP) is 4.20. The Morgan fingerprint density at radius 3 is 2.41 bits per heavy atom. The van der Waals surface area contributed by atoms with E-state index in [1.807, 2.05) is 29.5 Å². The minimum Gasteiger partial charge on any atom is -0.508 e. The lowest BCUT2D eigenvalue weighted by Gasteiger charge is -2.19. The van der Waals surface area contributed by atoms with Gasteiger partial charge in [0, 0.05) is 17.3 Å². The van der Waals surface area contributed by atoms with Gasteiger partial charge in [-0.3, -0.25) is 14.4 Å². The molecule has 0 saturated carbocycles. The van der Waals surface area contributed by atoms with Crippen molar-refractivity contribution in [2.24, 2.45) is 0 Å². The number of carbonyl (C=O) groups is 2. The van der Waals surface area contributed by atoms with E-state index in [4.69, 9.17) is 4.74 Å². The number of ether oxygens (including phenoxy) is 1. The number of aromatic amines is 1. The van der Waals surface area contributed by atoms with Crippen LogP contribution >= 0.6 is 0 Å². The highest BCUT2D eigenvalue weighted by molar-refractivity contribution is 6.12. The summed E-state index contributed by atoms with van der Waals surface area (Å²) in [6.45, 7) is 6.42. The average molecular weight is 526 g/mol. The topological polar surface area (TPSA) is 123 Å². The number of ketones is 1. The zero-order valence-corrected chi connectivity index (χ0v) is 21.9. The van der Waals surface area contributed by atoms with Gasteiger partial charge in [-0.2, -0.15) is 0 Å². The van der Waals surface area contributed by atoms with Gasteiger partial charge in [-0.15, -0.1) is 0 Å². The summed E-state index contributed by atoms with van der Waals surface area (Å²) in [4.78, 5) is 54.5. The Kier molecular flexibility index (Phi) is 6.22. The minimum absolute atomic E-state index is 0.145. The number of fused-ring (bicyclic) bond motifs is 2. The van der Waals surface area contributed by atoms with Crippen molar-refractivity contribution in [1.29, 1.82) is 0 Å². The van der Waals surface area contributed by atoms with Crippen LogP contribution in [-0.2, 0) is 16.1 Å². The molecular formula is C30H27N3O6. The molecule has 0 saturated heterocycles. The number of aromatic hydroxyl groups is 1. The number of phenolic OH excluding ortho intramolecular Hbond substituents is 1. The number of phenols is 1. The number of benzene rings is 2. The molecule has 0 fully saturated rings. The van der Waals surface area contributed by atoms with Crippen LogP contribution in [0, 0.1) is 6.92 Å². The normalized spacial score (nSPS) is 11.7. The number of aromatic nitrogens is 3. The van der Waals surface area contributed by atoms with E-state index in [0.29, 0.717) is 5.69 Å². The number of hydrogen-bond donors (Lipinski definition) is 2. The Hall–Kier alpha value is -4.92. The first-order valence-corrected chi connectivity index (χ1v) is 12.4. The minimum atomic E-state index is -0.776. The zero-order valence-electron chi connectivity index (χ0n) is 21.9. The summed E-state index contributed by atoms with van der Waals surface area (Å²) in [5, 5.41) is 9.89. The largest absolute Gasteiger partial charge is 0.508 e. The van der Waals surface area contributed by atoms with Crippen LogP contribution in [0.4, 0.5) is 0 Å². The Morgan fingerprint density at radius 1 is 1.00 bits per heavy atom. The lowest BCUT2D eigenvalue weighted by molar-refractivity contribution is -0.155. The van der Waals surface area contributed by atoms with Gasteiger partial charge in [0.05, 0.1) is 22.1 Å². The maximum Gasteiger partial charge on any atom is 0.329 e. The molecule has 0 atom stereocenters. The molecule has 2 aromatic carbocycles. The SMILES string of the molecule is Cc1c(-c2ccc(O)cc2)c2ccccn2c1C(=O)c1ccc2c(=O)n(CC(=O)OC(C)(C)C)c(=O)[nH]c2c1. The number of hydrogen-bond acceptors (Lipinski definition) is 6. The smallest absolute Gasteiger partial charge is 0.329 e. The molecule has 9 heteroatoms. The lowest BCUT2D eigenvalue weighted by Crippen LogP contribution is -2.39. The molecule has 198 valence electrons. The second kappa shape index (κ2) is 9.43. The van der Waals surface area contributed by atoms with Gasteiger partial charge in [0.2, 0.25) is 5.78 Å². The third kappa shape index (κ3) is 4.74. The lowest BCUT2D eigenvalue weighted by atomic mass is 9.98. The highest BCUT2D eigenvalue weighted by atomic mass is 16.6. The summed E-state index contributed by atoms with van der Waals surface area (Å²) in [7, 11) is 0. The first-order valence-electron chi connectivity index (χ1n) is 12.4. The van der Waals surface area contributed by atoms with Crippen molar-refractivity contribution in [2.45, 2.75) is 39.8 Å². The van der Waals surface area contributed by atoms with Gasteiger partial charge in [-0.1, -0.05) is 24.3 Å². The van der Waals surface area contributed by atoms with Gasteiger partial charge in [-0.25, -0.2) is 9.36 Å². The van der Waals surface area contributed by atoms with Gasteiger partial charge < -0.3 is 19.2 Å². The molecule has 39 heavy (non-hydrogen) atoms. The number of esters is 1. The third-order valence-corrected chi connectivity index (χ3v) is 6.41. The van der Waals surface area contributed by atoms with Crippen molar-refractivity contribution >= 4 is 28.2 Å².